The van der Waals surface area contributed by atoms with Crippen LogP contribution in [-0.2, 0) is 4.79 Å². The van der Waals surface area contributed by atoms with E-state index in [0.29, 0.717) is 6.42 Å². The smallest absolute Gasteiger partial charge is 0.155 e. The Morgan fingerprint density at radius 2 is 2.15 bits per heavy atom. The van der Waals surface area contributed by atoms with Crippen molar-refractivity contribution in [2.24, 2.45) is 0 Å². The highest BCUT2D eigenvalue weighted by molar-refractivity contribution is 9.10. The molecule has 0 spiro atoms. The molecule has 2 rings (SSSR count). The molecule has 0 bridgehead atoms. The first-order valence-electron chi connectivity index (χ1n) is 4.23. The average molecular weight is 257 g/mol. The zero-order valence-corrected chi connectivity index (χ0v) is 9.45. The van der Waals surface area contributed by atoms with Crippen molar-refractivity contribution in [1.82, 2.24) is 0 Å². The highest BCUT2D eigenvalue weighted by atomic mass is 79.9. The quantitative estimate of drug-likeness (QED) is 0.750. The Balaban J connectivity index is 2.36. The van der Waals surface area contributed by atoms with Crippen molar-refractivity contribution < 1.29 is 4.79 Å². The van der Waals surface area contributed by atoms with Gasteiger partial charge >= 0.3 is 0 Å². The fourth-order valence-corrected chi connectivity index (χ4v) is 3.09. The number of hydrogen-bond acceptors (Lipinski definition) is 2. The fourth-order valence-electron chi connectivity index (χ4n) is 1.51. The van der Waals surface area contributed by atoms with Gasteiger partial charge in [-0.3, -0.25) is 4.79 Å². The van der Waals surface area contributed by atoms with E-state index < -0.39 is 0 Å². The molecule has 0 saturated carbocycles. The summed E-state index contributed by atoms with van der Waals surface area (Å²) in [6, 6.07) is 0. The Labute approximate surface area is 89.6 Å². The van der Waals surface area contributed by atoms with Gasteiger partial charge in [-0.05, 0) is 45.8 Å². The van der Waals surface area contributed by atoms with Crippen molar-refractivity contribution in [2.45, 2.75) is 19.3 Å². The van der Waals surface area contributed by atoms with Crippen LogP contribution in [0.2, 0.25) is 0 Å². The van der Waals surface area contributed by atoms with Crippen molar-refractivity contribution in [3.63, 3.8) is 0 Å². The van der Waals surface area contributed by atoms with Crippen molar-refractivity contribution >= 4 is 38.6 Å². The van der Waals surface area contributed by atoms with E-state index in [0.717, 1.165) is 17.3 Å². The topological polar surface area (TPSA) is 17.1 Å². The molecule has 3 heteroatoms. The lowest BCUT2D eigenvalue weighted by Gasteiger charge is -2.10. The molecule has 0 radical (unpaired) electrons. The second-order valence-corrected chi connectivity index (χ2v) is 4.72. The van der Waals surface area contributed by atoms with Crippen LogP contribution in [0.3, 0.4) is 0 Å². The number of ketones is 1. The molecule has 0 N–H and O–H groups in total. The third-order valence-corrected chi connectivity index (χ3v) is 3.87. The van der Waals surface area contributed by atoms with Crippen LogP contribution in [0.15, 0.2) is 21.3 Å². The van der Waals surface area contributed by atoms with Crippen LogP contribution in [-0.4, -0.2) is 5.78 Å². The predicted molar refractivity (Wildman–Crippen MR) is 58.9 cm³/mol. The normalized spacial score (nSPS) is 17.3. The molecule has 13 heavy (non-hydrogen) atoms. The van der Waals surface area contributed by atoms with E-state index in [9.17, 15) is 4.79 Å². The molecule has 1 heterocycles. The highest BCUT2D eigenvalue weighted by Gasteiger charge is 2.13. The molecule has 0 aliphatic heterocycles. The summed E-state index contributed by atoms with van der Waals surface area (Å²) in [4.78, 5) is 11.2. The predicted octanol–water partition coefficient (Wildman–Crippen LogP) is 3.65. The number of carbonyl (C=O) groups excluding carboxylic acids is 1. The van der Waals surface area contributed by atoms with Gasteiger partial charge in [0.15, 0.2) is 5.78 Å². The summed E-state index contributed by atoms with van der Waals surface area (Å²) in [7, 11) is 0. The van der Waals surface area contributed by atoms with Crippen LogP contribution in [0.5, 0.6) is 0 Å². The van der Waals surface area contributed by atoms with Crippen molar-refractivity contribution in [2.75, 3.05) is 0 Å². The third-order valence-electron chi connectivity index (χ3n) is 2.17. The lowest BCUT2D eigenvalue weighted by atomic mass is 9.95. The van der Waals surface area contributed by atoms with Gasteiger partial charge in [-0.1, -0.05) is 0 Å². The molecule has 1 nitrogen and oxygen atoms in total. The summed E-state index contributed by atoms with van der Waals surface area (Å²) in [6.07, 6.45) is 4.52. The van der Waals surface area contributed by atoms with Crippen LogP contribution < -0.4 is 0 Å². The second-order valence-electron chi connectivity index (χ2n) is 3.12. The lowest BCUT2D eigenvalue weighted by Crippen LogP contribution is -2.01. The van der Waals surface area contributed by atoms with Gasteiger partial charge in [0.25, 0.3) is 0 Å². The number of hydrogen-bond donors (Lipinski definition) is 0. The maximum Gasteiger partial charge on any atom is 0.155 e. The summed E-state index contributed by atoms with van der Waals surface area (Å²) in [5, 5.41) is 4.14. The Morgan fingerprint density at radius 3 is 2.77 bits per heavy atom. The Bertz CT molecular complexity index is 365. The molecule has 0 amide bonds. The number of rotatable bonds is 1. The lowest BCUT2D eigenvalue weighted by molar-refractivity contribution is -0.114. The molecule has 0 aromatic carbocycles. The minimum absolute atomic E-state index is 0.263. The maximum absolute atomic E-state index is 11.2. The molecule has 0 unspecified atom stereocenters. The first-order chi connectivity index (χ1) is 6.27. The first-order valence-corrected chi connectivity index (χ1v) is 5.96. The van der Waals surface area contributed by atoms with Crippen molar-refractivity contribution in [1.29, 1.82) is 0 Å². The second kappa shape index (κ2) is 3.76. The maximum atomic E-state index is 11.2. The van der Waals surface area contributed by atoms with Crippen LogP contribution in [0.4, 0.5) is 0 Å². The van der Waals surface area contributed by atoms with Crippen molar-refractivity contribution in [3.05, 3.63) is 26.9 Å². The van der Waals surface area contributed by atoms with Crippen molar-refractivity contribution in [3.8, 4) is 0 Å². The van der Waals surface area contributed by atoms with Gasteiger partial charge in [0.1, 0.15) is 0 Å². The Hall–Kier alpha value is -0.410. The van der Waals surface area contributed by atoms with E-state index >= 15 is 0 Å². The summed E-state index contributed by atoms with van der Waals surface area (Å²) in [5.41, 5.74) is 2.38. The van der Waals surface area contributed by atoms with Gasteiger partial charge in [0, 0.05) is 21.8 Å². The molecular weight excluding hydrogens is 248 g/mol. The monoisotopic (exact) mass is 256 g/mol. The van der Waals surface area contributed by atoms with Crippen LogP contribution >= 0.6 is 27.3 Å². The highest BCUT2D eigenvalue weighted by Crippen LogP contribution is 2.32. The molecule has 0 saturated heterocycles. The third kappa shape index (κ3) is 1.92. The molecular formula is C10H9BrOS. The summed E-state index contributed by atoms with van der Waals surface area (Å²) in [5.74, 6) is 0.263. The molecule has 1 aromatic rings. The summed E-state index contributed by atoms with van der Waals surface area (Å²) >= 11 is 5.14. The molecule has 0 atom stereocenters. The number of allylic oxidation sites excluding steroid dienone is 2. The Kier molecular flexibility index (Phi) is 2.65. The number of carbonyl (C=O) groups is 1. The van der Waals surface area contributed by atoms with Crippen LogP contribution in [0, 0.1) is 0 Å². The van der Waals surface area contributed by atoms with Gasteiger partial charge in [-0.25, -0.2) is 0 Å². The van der Waals surface area contributed by atoms with Gasteiger partial charge in [-0.2, -0.15) is 11.3 Å². The summed E-state index contributed by atoms with van der Waals surface area (Å²) < 4.78 is 1.11. The van der Waals surface area contributed by atoms with E-state index in [4.69, 9.17) is 0 Å². The minimum atomic E-state index is 0.263. The average Bonchev–Trinajstić information content (AvgIpc) is 2.51. The van der Waals surface area contributed by atoms with E-state index in [1.54, 1.807) is 17.4 Å². The van der Waals surface area contributed by atoms with E-state index in [1.165, 1.54) is 11.1 Å². The largest absolute Gasteiger partial charge is 0.295 e. The van der Waals surface area contributed by atoms with Gasteiger partial charge in [0.05, 0.1) is 0 Å². The minimum Gasteiger partial charge on any atom is -0.295 e. The van der Waals surface area contributed by atoms with Crippen LogP contribution in [0.25, 0.3) is 5.57 Å². The number of thiophene rings is 1. The standard InChI is InChI=1S/C10H9BrOS/c11-10-6-13-5-9(10)7-2-1-3-8(12)4-7/h4-6H,1-3H2. The Morgan fingerprint density at radius 1 is 1.31 bits per heavy atom. The van der Waals surface area contributed by atoms with E-state index in [-0.39, 0.29) is 5.78 Å². The molecule has 68 valence electrons. The first kappa shape index (κ1) is 9.16. The molecule has 0 fully saturated rings. The van der Waals surface area contributed by atoms with E-state index in [2.05, 4.69) is 26.7 Å². The zero-order chi connectivity index (χ0) is 9.26. The van der Waals surface area contributed by atoms with Gasteiger partial charge < -0.3 is 0 Å². The zero-order valence-electron chi connectivity index (χ0n) is 7.05. The number of halogens is 1. The summed E-state index contributed by atoms with van der Waals surface area (Å²) in [6.45, 7) is 0. The van der Waals surface area contributed by atoms with Gasteiger partial charge in [-0.15, -0.1) is 0 Å². The van der Waals surface area contributed by atoms with Crippen LogP contribution in [0.1, 0.15) is 24.8 Å². The molecule has 1 aromatic heterocycles. The molecule has 1 aliphatic rings. The SMILES string of the molecule is O=C1C=C(c2cscc2Br)CCC1. The molecule has 1 aliphatic carbocycles. The van der Waals surface area contributed by atoms with Gasteiger partial charge in [0.2, 0.25) is 0 Å². The van der Waals surface area contributed by atoms with E-state index in [1.807, 2.05) is 0 Å². The fraction of sp³-hybridized carbons (Fsp3) is 0.300.